The molecule has 0 saturated heterocycles. The van der Waals surface area contributed by atoms with E-state index in [0.29, 0.717) is 25.8 Å². The van der Waals surface area contributed by atoms with Crippen molar-refractivity contribution in [2.45, 2.75) is 75.9 Å². The first-order chi connectivity index (χ1) is 14.8. The molecular formula is C18H34N6O8. The van der Waals surface area contributed by atoms with Crippen LogP contribution < -0.4 is 33.2 Å². The van der Waals surface area contributed by atoms with Gasteiger partial charge in [0.05, 0.1) is 24.7 Å². The van der Waals surface area contributed by atoms with Crippen molar-refractivity contribution in [3.63, 3.8) is 0 Å². The lowest BCUT2D eigenvalue weighted by Crippen LogP contribution is -2.62. The number of hydrogen-bond donors (Lipinski definition) is 9. The molecule has 0 aromatic carbocycles. The zero-order chi connectivity index (χ0) is 25.0. The van der Waals surface area contributed by atoms with Crippen LogP contribution in [0.3, 0.4) is 0 Å². The normalized spacial score (nSPS) is 16.6. The Bertz CT molecular complexity index is 672. The molecule has 0 aliphatic carbocycles. The molecule has 0 saturated carbocycles. The quantitative estimate of drug-likeness (QED) is 0.105. The van der Waals surface area contributed by atoms with Crippen LogP contribution in [0.15, 0.2) is 0 Å². The second-order valence-corrected chi connectivity index (χ2v) is 7.41. The molecule has 0 aliphatic heterocycles. The Hall–Kier alpha value is -2.81. The van der Waals surface area contributed by atoms with Crippen molar-refractivity contribution in [3.05, 3.63) is 0 Å². The summed E-state index contributed by atoms with van der Waals surface area (Å²) in [7, 11) is 0. The Balaban J connectivity index is 5.27. The summed E-state index contributed by atoms with van der Waals surface area (Å²) in [6.45, 7) is 2.80. The molecule has 0 aliphatic rings. The number of hydrogen-bond acceptors (Lipinski definition) is 9. The third-order valence-electron chi connectivity index (χ3n) is 4.45. The maximum atomic E-state index is 12.6. The number of aliphatic hydroxyl groups is 2. The number of nitrogens with one attached hydrogen (secondary N) is 3. The number of carbonyl (C=O) groups is 5. The van der Waals surface area contributed by atoms with Gasteiger partial charge >= 0.3 is 5.97 Å². The molecule has 0 fully saturated rings. The Morgan fingerprint density at radius 1 is 0.844 bits per heavy atom. The fourth-order valence-corrected chi connectivity index (χ4v) is 2.62. The fourth-order valence-electron chi connectivity index (χ4n) is 2.62. The van der Waals surface area contributed by atoms with Crippen molar-refractivity contribution in [1.82, 2.24) is 16.0 Å². The molecule has 14 nitrogen and oxygen atoms in total. The molecule has 0 bridgehead atoms. The van der Waals surface area contributed by atoms with Crippen LogP contribution in [-0.4, -0.2) is 87.8 Å². The number of unbranched alkanes of at least 4 members (excludes halogenated alkanes) is 1. The molecule has 0 aromatic heterocycles. The topological polar surface area (TPSA) is 260 Å². The second-order valence-electron chi connectivity index (χ2n) is 7.41. The van der Waals surface area contributed by atoms with Gasteiger partial charge in [-0.25, -0.2) is 4.79 Å². The summed E-state index contributed by atoms with van der Waals surface area (Å²) in [6, 6.07) is -5.82. The summed E-state index contributed by atoms with van der Waals surface area (Å²) in [4.78, 5) is 59.4. The molecule has 184 valence electrons. The highest BCUT2D eigenvalue weighted by atomic mass is 16.4. The summed E-state index contributed by atoms with van der Waals surface area (Å²) >= 11 is 0. The summed E-state index contributed by atoms with van der Waals surface area (Å²) < 4.78 is 0. The monoisotopic (exact) mass is 462 g/mol. The minimum absolute atomic E-state index is 0.298. The summed E-state index contributed by atoms with van der Waals surface area (Å²) in [6.07, 6.45) is -2.07. The van der Waals surface area contributed by atoms with Crippen molar-refractivity contribution in [3.8, 4) is 0 Å². The third-order valence-corrected chi connectivity index (χ3v) is 4.45. The van der Waals surface area contributed by atoms with Crippen LogP contribution in [0.4, 0.5) is 0 Å². The van der Waals surface area contributed by atoms with Gasteiger partial charge in [0.1, 0.15) is 18.1 Å². The van der Waals surface area contributed by atoms with Crippen LogP contribution in [0.25, 0.3) is 0 Å². The molecule has 14 heteroatoms. The molecule has 6 unspecified atom stereocenters. The lowest BCUT2D eigenvalue weighted by Gasteiger charge is -2.27. The van der Waals surface area contributed by atoms with Gasteiger partial charge < -0.3 is 48.5 Å². The number of carbonyl (C=O) groups excluding carboxylic acids is 4. The van der Waals surface area contributed by atoms with Crippen LogP contribution >= 0.6 is 0 Å². The van der Waals surface area contributed by atoms with E-state index < -0.39 is 72.4 Å². The smallest absolute Gasteiger partial charge is 0.326 e. The number of amides is 4. The van der Waals surface area contributed by atoms with Crippen LogP contribution in [0.5, 0.6) is 0 Å². The lowest BCUT2D eigenvalue weighted by atomic mass is 10.1. The van der Waals surface area contributed by atoms with E-state index in [2.05, 4.69) is 10.6 Å². The lowest BCUT2D eigenvalue weighted by molar-refractivity contribution is -0.144. The molecule has 12 N–H and O–H groups in total. The molecule has 6 atom stereocenters. The number of primary amides is 1. The van der Waals surface area contributed by atoms with Crippen molar-refractivity contribution in [2.75, 3.05) is 6.54 Å². The Morgan fingerprint density at radius 2 is 1.31 bits per heavy atom. The molecular weight excluding hydrogens is 428 g/mol. The molecule has 32 heavy (non-hydrogen) atoms. The Morgan fingerprint density at radius 3 is 1.72 bits per heavy atom. The number of carboxylic acids is 1. The van der Waals surface area contributed by atoms with Gasteiger partial charge in [0, 0.05) is 0 Å². The van der Waals surface area contributed by atoms with E-state index >= 15 is 0 Å². The van der Waals surface area contributed by atoms with E-state index in [4.69, 9.17) is 22.3 Å². The average Bonchev–Trinajstić information content (AvgIpc) is 2.68. The molecule has 0 radical (unpaired) electrons. The first-order valence-corrected chi connectivity index (χ1v) is 10.1. The highest BCUT2D eigenvalue weighted by Gasteiger charge is 2.34. The number of rotatable bonds is 15. The van der Waals surface area contributed by atoms with E-state index in [0.717, 1.165) is 6.92 Å². The molecule has 0 rings (SSSR count). The highest BCUT2D eigenvalue weighted by Crippen LogP contribution is 2.03. The number of aliphatic hydroxyl groups excluding tert-OH is 2. The summed E-state index contributed by atoms with van der Waals surface area (Å²) in [5.74, 6) is -5.39. The molecule has 0 heterocycles. The van der Waals surface area contributed by atoms with Crippen molar-refractivity contribution in [1.29, 1.82) is 0 Å². The molecule has 4 amide bonds. The number of carboxylic acid groups (broad SMARTS) is 1. The van der Waals surface area contributed by atoms with E-state index in [9.17, 15) is 34.2 Å². The van der Waals surface area contributed by atoms with Gasteiger partial charge in [-0.3, -0.25) is 19.2 Å². The number of aliphatic carboxylic acids is 1. The Labute approximate surface area is 185 Å². The SMILES string of the molecule is CC(O)C(NC(=O)C(N)CCCCN)C(=O)NC(C(=O)NC(CC(N)=O)C(=O)O)C(C)O. The van der Waals surface area contributed by atoms with Gasteiger partial charge in [-0.2, -0.15) is 0 Å². The van der Waals surface area contributed by atoms with Gasteiger partial charge in [-0.05, 0) is 33.2 Å². The van der Waals surface area contributed by atoms with Crippen molar-refractivity contribution >= 4 is 29.6 Å². The first kappa shape index (κ1) is 29.2. The number of nitrogens with two attached hydrogens (primary N) is 3. The van der Waals surface area contributed by atoms with Crippen molar-refractivity contribution in [2.24, 2.45) is 17.2 Å². The summed E-state index contributed by atoms with van der Waals surface area (Å²) in [5.41, 5.74) is 16.1. The van der Waals surface area contributed by atoms with E-state index in [1.54, 1.807) is 0 Å². The van der Waals surface area contributed by atoms with Gasteiger partial charge in [0.25, 0.3) is 0 Å². The van der Waals surface area contributed by atoms with E-state index in [1.165, 1.54) is 6.92 Å². The standard InChI is InChI=1S/C18H34N6O8/c1-8(25)13(16(29)22-11(18(31)32)7-12(21)27)24-17(30)14(9(2)26)23-15(28)10(20)5-3-4-6-19/h8-11,13-14,25-26H,3-7,19-20H2,1-2H3,(H2,21,27)(H,22,29)(H,23,28)(H,24,30)(H,31,32). The third kappa shape index (κ3) is 10.5. The highest BCUT2D eigenvalue weighted by molar-refractivity contribution is 5.95. The predicted molar refractivity (Wildman–Crippen MR) is 111 cm³/mol. The van der Waals surface area contributed by atoms with Crippen LogP contribution in [0.1, 0.15) is 39.5 Å². The first-order valence-electron chi connectivity index (χ1n) is 10.1. The molecule has 0 spiro atoms. The van der Waals surface area contributed by atoms with Gasteiger partial charge in [-0.1, -0.05) is 6.42 Å². The minimum Gasteiger partial charge on any atom is -0.480 e. The fraction of sp³-hybridized carbons (Fsp3) is 0.722. The van der Waals surface area contributed by atoms with Crippen molar-refractivity contribution < 1.29 is 39.3 Å². The summed E-state index contributed by atoms with van der Waals surface area (Å²) in [5, 5.41) is 35.3. The van der Waals surface area contributed by atoms with Gasteiger partial charge in [-0.15, -0.1) is 0 Å². The van der Waals surface area contributed by atoms with E-state index in [-0.39, 0.29) is 0 Å². The second kappa shape index (κ2) is 14.3. The average molecular weight is 463 g/mol. The predicted octanol–water partition coefficient (Wildman–Crippen LogP) is -4.38. The van der Waals surface area contributed by atoms with E-state index in [1.807, 2.05) is 5.32 Å². The largest absolute Gasteiger partial charge is 0.480 e. The van der Waals surface area contributed by atoms with Crippen LogP contribution in [0.2, 0.25) is 0 Å². The Kier molecular flexibility index (Phi) is 13.0. The van der Waals surface area contributed by atoms with Gasteiger partial charge in [0.15, 0.2) is 0 Å². The zero-order valence-electron chi connectivity index (χ0n) is 18.1. The van der Waals surface area contributed by atoms with Crippen LogP contribution in [0, 0.1) is 0 Å². The minimum atomic E-state index is -1.68. The maximum Gasteiger partial charge on any atom is 0.326 e. The molecule has 0 aromatic rings. The maximum absolute atomic E-state index is 12.6. The van der Waals surface area contributed by atoms with Gasteiger partial charge in [0.2, 0.25) is 23.6 Å². The zero-order valence-corrected chi connectivity index (χ0v) is 18.1. The van der Waals surface area contributed by atoms with Crippen LogP contribution in [-0.2, 0) is 24.0 Å².